The number of halogens is 1. The molecule has 0 bridgehead atoms. The Bertz CT molecular complexity index is 40.1. The van der Waals surface area contributed by atoms with Gasteiger partial charge in [0.1, 0.15) is 6.26 Å². The van der Waals surface area contributed by atoms with E-state index in [1.165, 1.54) is 6.26 Å². The maximum atomic E-state index is 5.16. The Morgan fingerprint density at radius 1 is 1.83 bits per heavy atom. The van der Waals surface area contributed by atoms with Gasteiger partial charge in [-0.25, -0.2) is 0 Å². The van der Waals surface area contributed by atoms with Gasteiger partial charge in [-0.05, 0) is 6.08 Å². The summed E-state index contributed by atoms with van der Waals surface area (Å²) < 4.78 is 0. The third-order valence-corrected chi connectivity index (χ3v) is 0.442. The van der Waals surface area contributed by atoms with E-state index in [1.54, 1.807) is 6.08 Å². The molecule has 0 saturated carbocycles. The van der Waals surface area contributed by atoms with E-state index in [-0.39, 0.29) is 0 Å². The summed E-state index contributed by atoms with van der Waals surface area (Å²) in [5.74, 6) is 5.01. The maximum Gasteiger partial charge on any atom is 0.108 e. The summed E-state index contributed by atoms with van der Waals surface area (Å²) in [5.41, 5.74) is 0. The molecule has 2 nitrogen and oxygen atoms in total. The van der Waals surface area contributed by atoms with Crippen LogP contribution in [0.3, 0.4) is 0 Å². The van der Waals surface area contributed by atoms with Crippen molar-refractivity contribution in [3.05, 3.63) is 12.3 Å². The summed E-state index contributed by atoms with van der Waals surface area (Å²) in [6.45, 7) is 0. The lowest BCUT2D eigenvalue weighted by molar-refractivity contribution is 0.261. The molecule has 0 spiro atoms. The minimum absolute atomic E-state index is 0.442. The van der Waals surface area contributed by atoms with Crippen molar-refractivity contribution in [3.8, 4) is 0 Å². The molecule has 0 aromatic carbocycles. The molecular formula is C3H6ClNO. The second-order valence-electron chi connectivity index (χ2n) is 0.662. The first-order valence-corrected chi connectivity index (χ1v) is 2.01. The molecule has 0 aromatic heterocycles. The van der Waals surface area contributed by atoms with E-state index in [9.17, 15) is 0 Å². The van der Waals surface area contributed by atoms with Gasteiger partial charge in [0, 0.05) is 5.88 Å². The molecule has 0 amide bonds. The standard InChI is InChI=1S/C3H6ClNO/c4-2-1-3-6-5/h1,3H,2,5H2/b3-1+. The van der Waals surface area contributed by atoms with Crippen molar-refractivity contribution in [1.29, 1.82) is 0 Å². The highest BCUT2D eigenvalue weighted by Gasteiger charge is 1.61. The van der Waals surface area contributed by atoms with Crippen LogP contribution < -0.4 is 5.90 Å². The van der Waals surface area contributed by atoms with E-state index in [0.29, 0.717) is 5.88 Å². The molecule has 36 valence electrons. The minimum Gasteiger partial charge on any atom is -0.420 e. The Labute approximate surface area is 41.5 Å². The lowest BCUT2D eigenvalue weighted by Crippen LogP contribution is -1.87. The van der Waals surface area contributed by atoms with E-state index in [4.69, 9.17) is 11.6 Å². The zero-order valence-electron chi connectivity index (χ0n) is 3.23. The summed E-state index contributed by atoms with van der Waals surface area (Å²) in [5, 5.41) is 0. The van der Waals surface area contributed by atoms with Crippen molar-refractivity contribution in [3.63, 3.8) is 0 Å². The Balaban J connectivity index is 2.73. The fourth-order valence-electron chi connectivity index (χ4n) is 0.0919. The Kier molecular flexibility index (Phi) is 4.62. The quantitative estimate of drug-likeness (QED) is 0.319. The van der Waals surface area contributed by atoms with Crippen molar-refractivity contribution in [2.45, 2.75) is 0 Å². The van der Waals surface area contributed by atoms with Crippen LogP contribution in [0.4, 0.5) is 0 Å². The Hall–Kier alpha value is -0.210. The third-order valence-electron chi connectivity index (χ3n) is 0.264. The SMILES string of the molecule is NO/C=C/CCl. The van der Waals surface area contributed by atoms with Crippen LogP contribution in [0.25, 0.3) is 0 Å². The average Bonchev–Trinajstić information content (AvgIpc) is 1.61. The molecule has 0 heterocycles. The summed E-state index contributed by atoms with van der Waals surface area (Å²) in [4.78, 5) is 4.02. The van der Waals surface area contributed by atoms with Gasteiger partial charge in [0.05, 0.1) is 0 Å². The fraction of sp³-hybridized carbons (Fsp3) is 0.333. The highest BCUT2D eigenvalue weighted by molar-refractivity contribution is 6.18. The van der Waals surface area contributed by atoms with Crippen LogP contribution in [-0.4, -0.2) is 5.88 Å². The molecule has 0 aliphatic heterocycles. The molecule has 0 radical (unpaired) electrons. The van der Waals surface area contributed by atoms with Crippen molar-refractivity contribution in [1.82, 2.24) is 0 Å². The van der Waals surface area contributed by atoms with Crippen molar-refractivity contribution in [2.24, 2.45) is 5.90 Å². The van der Waals surface area contributed by atoms with Crippen LogP contribution in [0.1, 0.15) is 0 Å². The van der Waals surface area contributed by atoms with Gasteiger partial charge >= 0.3 is 0 Å². The van der Waals surface area contributed by atoms with Gasteiger partial charge in [0.15, 0.2) is 0 Å². The van der Waals surface area contributed by atoms with Gasteiger partial charge in [0.25, 0.3) is 0 Å². The molecule has 0 aliphatic carbocycles. The lowest BCUT2D eigenvalue weighted by Gasteiger charge is -1.78. The molecule has 0 aliphatic rings. The van der Waals surface area contributed by atoms with E-state index in [2.05, 4.69) is 10.7 Å². The molecule has 3 heteroatoms. The largest absolute Gasteiger partial charge is 0.420 e. The van der Waals surface area contributed by atoms with E-state index in [1.807, 2.05) is 0 Å². The summed E-state index contributed by atoms with van der Waals surface area (Å²) in [6.07, 6.45) is 2.93. The Morgan fingerprint density at radius 2 is 2.50 bits per heavy atom. The van der Waals surface area contributed by atoms with Crippen molar-refractivity contribution >= 4 is 11.6 Å². The van der Waals surface area contributed by atoms with Gasteiger partial charge in [-0.3, -0.25) is 0 Å². The normalized spacial score (nSPS) is 9.67. The molecule has 0 unspecified atom stereocenters. The molecule has 6 heavy (non-hydrogen) atoms. The van der Waals surface area contributed by atoms with Crippen molar-refractivity contribution < 1.29 is 4.84 Å². The number of nitrogens with two attached hydrogens (primary N) is 1. The summed E-state index contributed by atoms with van der Waals surface area (Å²) in [6, 6.07) is 0. The zero-order valence-corrected chi connectivity index (χ0v) is 3.98. The highest BCUT2D eigenvalue weighted by Crippen LogP contribution is 1.74. The predicted octanol–water partition coefficient (Wildman–Crippen LogP) is 0.629. The molecule has 0 fully saturated rings. The lowest BCUT2D eigenvalue weighted by atomic mass is 10.7. The van der Waals surface area contributed by atoms with Crippen LogP contribution in [0.2, 0.25) is 0 Å². The average molecular weight is 108 g/mol. The second-order valence-corrected chi connectivity index (χ2v) is 0.971. The molecule has 0 atom stereocenters. The van der Waals surface area contributed by atoms with Gasteiger partial charge in [0.2, 0.25) is 0 Å². The van der Waals surface area contributed by atoms with E-state index in [0.717, 1.165) is 0 Å². The van der Waals surface area contributed by atoms with Crippen LogP contribution in [0.15, 0.2) is 12.3 Å². The summed E-state index contributed by atoms with van der Waals surface area (Å²) in [7, 11) is 0. The van der Waals surface area contributed by atoms with Gasteiger partial charge in [-0.2, -0.15) is 5.90 Å². The topological polar surface area (TPSA) is 35.2 Å². The fourth-order valence-corrected chi connectivity index (χ4v) is 0.165. The molecule has 2 N–H and O–H groups in total. The van der Waals surface area contributed by atoms with Crippen LogP contribution >= 0.6 is 11.6 Å². The number of allylic oxidation sites excluding steroid dienone is 1. The highest BCUT2D eigenvalue weighted by atomic mass is 35.5. The van der Waals surface area contributed by atoms with Gasteiger partial charge in [-0.15, -0.1) is 11.6 Å². The summed E-state index contributed by atoms with van der Waals surface area (Å²) >= 11 is 5.16. The number of rotatable bonds is 2. The molecular weight excluding hydrogens is 101 g/mol. The monoisotopic (exact) mass is 107 g/mol. The molecule has 0 saturated heterocycles. The second kappa shape index (κ2) is 4.79. The zero-order chi connectivity index (χ0) is 4.83. The van der Waals surface area contributed by atoms with Gasteiger partial charge in [-0.1, -0.05) is 0 Å². The number of hydrogen-bond acceptors (Lipinski definition) is 2. The van der Waals surface area contributed by atoms with Crippen LogP contribution in [0, 0.1) is 0 Å². The molecule has 0 aromatic rings. The maximum absolute atomic E-state index is 5.16. The molecule has 0 rings (SSSR count). The smallest absolute Gasteiger partial charge is 0.108 e. The Morgan fingerprint density at radius 3 is 2.67 bits per heavy atom. The minimum atomic E-state index is 0.442. The first kappa shape index (κ1) is 5.79. The van der Waals surface area contributed by atoms with E-state index >= 15 is 0 Å². The van der Waals surface area contributed by atoms with Crippen LogP contribution in [0.5, 0.6) is 0 Å². The van der Waals surface area contributed by atoms with E-state index < -0.39 is 0 Å². The predicted molar refractivity (Wildman–Crippen MR) is 25.1 cm³/mol. The third kappa shape index (κ3) is 3.79. The first-order valence-electron chi connectivity index (χ1n) is 1.48. The van der Waals surface area contributed by atoms with Crippen molar-refractivity contribution in [2.75, 3.05) is 5.88 Å². The first-order chi connectivity index (χ1) is 2.91. The van der Waals surface area contributed by atoms with Gasteiger partial charge < -0.3 is 4.84 Å². The number of alkyl halides is 1. The van der Waals surface area contributed by atoms with Crippen LogP contribution in [-0.2, 0) is 4.84 Å². The number of hydrogen-bond donors (Lipinski definition) is 1.